The van der Waals surface area contributed by atoms with Crippen molar-refractivity contribution >= 4 is 23.6 Å². The molecule has 3 aromatic rings. The van der Waals surface area contributed by atoms with E-state index in [2.05, 4.69) is 20.3 Å². The predicted octanol–water partition coefficient (Wildman–Crippen LogP) is 2.87. The Morgan fingerprint density at radius 3 is 2.70 bits per heavy atom. The summed E-state index contributed by atoms with van der Waals surface area (Å²) in [6, 6.07) is 14.4. The number of nitrogens with one attached hydrogen (secondary N) is 1. The lowest BCUT2D eigenvalue weighted by molar-refractivity contribution is 0.0462. The highest BCUT2D eigenvalue weighted by atomic mass is 16.5. The minimum absolute atomic E-state index is 0.0176. The molecule has 3 N–H and O–H groups in total. The molecule has 8 heteroatoms. The van der Waals surface area contributed by atoms with Crippen molar-refractivity contribution in [2.75, 3.05) is 18.2 Å². The molecule has 0 radical (unpaired) electrons. The van der Waals surface area contributed by atoms with Gasteiger partial charge in [0.1, 0.15) is 5.75 Å². The van der Waals surface area contributed by atoms with Crippen LogP contribution in [0.5, 0.6) is 5.75 Å². The van der Waals surface area contributed by atoms with E-state index in [4.69, 9.17) is 15.2 Å². The van der Waals surface area contributed by atoms with Crippen molar-refractivity contribution in [1.82, 2.24) is 15.0 Å². The molecular formula is C19H19N5O3. The summed E-state index contributed by atoms with van der Waals surface area (Å²) in [5, 5.41) is 3.02. The van der Waals surface area contributed by atoms with Crippen molar-refractivity contribution in [3.63, 3.8) is 0 Å². The average Bonchev–Trinajstić information content (AvgIpc) is 2.66. The molecule has 0 saturated carbocycles. The third-order valence-electron chi connectivity index (χ3n) is 3.64. The molecule has 2 aromatic carbocycles. The maximum absolute atomic E-state index is 12.2. The number of aryl methyl sites for hydroxylation is 1. The SMILES string of the molecule is COc1ccccc1Nc1nc(N)nc(COC(=O)c2cccc(C)c2)n1. The second-order valence-corrected chi connectivity index (χ2v) is 5.70. The largest absolute Gasteiger partial charge is 0.495 e. The molecule has 0 amide bonds. The Labute approximate surface area is 156 Å². The molecule has 0 fully saturated rings. The third-order valence-corrected chi connectivity index (χ3v) is 3.64. The van der Waals surface area contributed by atoms with Gasteiger partial charge < -0.3 is 20.5 Å². The van der Waals surface area contributed by atoms with Gasteiger partial charge >= 0.3 is 5.97 Å². The van der Waals surface area contributed by atoms with Crippen LogP contribution in [0.1, 0.15) is 21.7 Å². The smallest absolute Gasteiger partial charge is 0.338 e. The normalized spacial score (nSPS) is 10.3. The van der Waals surface area contributed by atoms with Gasteiger partial charge in [0.2, 0.25) is 11.9 Å². The standard InChI is InChI=1S/C19H19N5O3/c1-12-6-5-7-13(10-12)17(25)27-11-16-22-18(20)24-19(23-16)21-14-8-3-4-9-15(14)26-2/h3-10H,11H2,1-2H3,(H3,20,21,22,23,24). The molecule has 0 saturated heterocycles. The number of aromatic nitrogens is 3. The Morgan fingerprint density at radius 1 is 1.11 bits per heavy atom. The topological polar surface area (TPSA) is 112 Å². The van der Waals surface area contributed by atoms with Gasteiger partial charge in [0, 0.05) is 0 Å². The molecule has 3 rings (SSSR count). The van der Waals surface area contributed by atoms with Gasteiger partial charge in [-0.15, -0.1) is 0 Å². The molecule has 0 aliphatic heterocycles. The van der Waals surface area contributed by atoms with Crippen molar-refractivity contribution in [1.29, 1.82) is 0 Å². The summed E-state index contributed by atoms with van der Waals surface area (Å²) in [5.41, 5.74) is 7.85. The van der Waals surface area contributed by atoms with Gasteiger partial charge in [-0.25, -0.2) is 4.79 Å². The van der Waals surface area contributed by atoms with E-state index in [0.29, 0.717) is 17.0 Å². The van der Waals surface area contributed by atoms with Crippen LogP contribution in [0, 0.1) is 6.92 Å². The van der Waals surface area contributed by atoms with Crippen molar-refractivity contribution in [3.05, 3.63) is 65.5 Å². The first-order valence-electron chi connectivity index (χ1n) is 8.19. The molecular weight excluding hydrogens is 346 g/mol. The number of hydrogen-bond acceptors (Lipinski definition) is 8. The Hall–Kier alpha value is -3.68. The Morgan fingerprint density at radius 2 is 1.93 bits per heavy atom. The summed E-state index contributed by atoms with van der Waals surface area (Å²) in [6.07, 6.45) is 0. The highest BCUT2D eigenvalue weighted by molar-refractivity contribution is 5.89. The van der Waals surface area contributed by atoms with E-state index in [9.17, 15) is 4.79 Å². The lowest BCUT2D eigenvalue weighted by atomic mass is 10.1. The molecule has 27 heavy (non-hydrogen) atoms. The van der Waals surface area contributed by atoms with Crippen molar-refractivity contribution < 1.29 is 14.3 Å². The molecule has 1 aromatic heterocycles. The third kappa shape index (κ3) is 4.69. The van der Waals surface area contributed by atoms with Gasteiger partial charge in [0.05, 0.1) is 18.4 Å². The van der Waals surface area contributed by atoms with E-state index in [-0.39, 0.29) is 24.3 Å². The van der Waals surface area contributed by atoms with Gasteiger partial charge in [-0.05, 0) is 31.2 Å². The van der Waals surface area contributed by atoms with E-state index >= 15 is 0 Å². The van der Waals surface area contributed by atoms with Crippen LogP contribution in [0.15, 0.2) is 48.5 Å². The fourth-order valence-electron chi connectivity index (χ4n) is 2.41. The zero-order valence-corrected chi connectivity index (χ0v) is 15.0. The maximum Gasteiger partial charge on any atom is 0.338 e. The Bertz CT molecular complexity index is 962. The first-order chi connectivity index (χ1) is 13.0. The fraction of sp³-hybridized carbons (Fsp3) is 0.158. The van der Waals surface area contributed by atoms with Crippen LogP contribution in [0.25, 0.3) is 0 Å². The van der Waals surface area contributed by atoms with Crippen LogP contribution in [-0.4, -0.2) is 28.0 Å². The first kappa shape index (κ1) is 18.1. The summed E-state index contributed by atoms with van der Waals surface area (Å²) in [7, 11) is 1.57. The van der Waals surface area contributed by atoms with Gasteiger partial charge in [-0.1, -0.05) is 29.8 Å². The minimum atomic E-state index is -0.461. The van der Waals surface area contributed by atoms with Gasteiger partial charge in [-0.2, -0.15) is 15.0 Å². The van der Waals surface area contributed by atoms with Gasteiger partial charge in [-0.3, -0.25) is 0 Å². The van der Waals surface area contributed by atoms with Crippen LogP contribution in [0.3, 0.4) is 0 Å². The van der Waals surface area contributed by atoms with Gasteiger partial charge in [0.15, 0.2) is 12.4 Å². The molecule has 0 atom stereocenters. The summed E-state index contributed by atoms with van der Waals surface area (Å²) < 4.78 is 10.6. The highest BCUT2D eigenvalue weighted by Gasteiger charge is 2.11. The number of esters is 1. The van der Waals surface area contributed by atoms with Crippen LogP contribution >= 0.6 is 0 Å². The molecule has 0 unspecified atom stereocenters. The molecule has 1 heterocycles. The Balaban J connectivity index is 1.72. The minimum Gasteiger partial charge on any atom is -0.495 e. The second kappa shape index (κ2) is 8.13. The van der Waals surface area contributed by atoms with E-state index in [0.717, 1.165) is 5.56 Å². The number of hydrogen-bond donors (Lipinski definition) is 2. The van der Waals surface area contributed by atoms with Crippen molar-refractivity contribution in [2.45, 2.75) is 13.5 Å². The number of benzene rings is 2. The number of methoxy groups -OCH3 is 1. The number of nitrogen functional groups attached to an aromatic ring is 1. The summed E-state index contributed by atoms with van der Waals surface area (Å²) in [6.45, 7) is 1.78. The first-order valence-corrected chi connectivity index (χ1v) is 8.19. The summed E-state index contributed by atoms with van der Waals surface area (Å²) in [4.78, 5) is 24.5. The molecule has 0 spiro atoms. The monoisotopic (exact) mass is 365 g/mol. The molecule has 138 valence electrons. The Kier molecular flexibility index (Phi) is 5.46. The number of para-hydroxylation sites is 2. The number of rotatable bonds is 6. The van der Waals surface area contributed by atoms with E-state index < -0.39 is 5.97 Å². The van der Waals surface area contributed by atoms with Crippen molar-refractivity contribution in [3.8, 4) is 5.75 Å². The molecule has 0 aliphatic rings. The number of anilines is 3. The van der Waals surface area contributed by atoms with Crippen LogP contribution in [0.4, 0.5) is 17.6 Å². The zero-order valence-electron chi connectivity index (χ0n) is 15.0. The molecule has 0 bridgehead atoms. The zero-order chi connectivity index (χ0) is 19.2. The molecule has 8 nitrogen and oxygen atoms in total. The van der Waals surface area contributed by atoms with Crippen LogP contribution < -0.4 is 15.8 Å². The van der Waals surface area contributed by atoms with Gasteiger partial charge in [0.25, 0.3) is 0 Å². The second-order valence-electron chi connectivity index (χ2n) is 5.70. The maximum atomic E-state index is 12.2. The average molecular weight is 365 g/mol. The lowest BCUT2D eigenvalue weighted by Gasteiger charge is -2.11. The quantitative estimate of drug-likeness (QED) is 0.641. The number of nitrogens with zero attached hydrogens (tertiary/aromatic N) is 3. The number of ether oxygens (including phenoxy) is 2. The number of nitrogens with two attached hydrogens (primary N) is 1. The number of carbonyl (C=O) groups excluding carboxylic acids is 1. The van der Waals surface area contributed by atoms with Crippen LogP contribution in [0.2, 0.25) is 0 Å². The summed E-state index contributed by atoms with van der Waals surface area (Å²) >= 11 is 0. The lowest BCUT2D eigenvalue weighted by Crippen LogP contribution is -2.11. The van der Waals surface area contributed by atoms with E-state index in [1.807, 2.05) is 31.2 Å². The van der Waals surface area contributed by atoms with E-state index in [1.54, 1.807) is 31.4 Å². The van der Waals surface area contributed by atoms with E-state index in [1.165, 1.54) is 0 Å². The predicted molar refractivity (Wildman–Crippen MR) is 101 cm³/mol. The summed E-state index contributed by atoms with van der Waals surface area (Å²) in [5.74, 6) is 0.652. The highest BCUT2D eigenvalue weighted by Crippen LogP contribution is 2.25. The van der Waals surface area contributed by atoms with Crippen molar-refractivity contribution in [2.24, 2.45) is 0 Å². The molecule has 0 aliphatic carbocycles. The van der Waals surface area contributed by atoms with Crippen LogP contribution in [-0.2, 0) is 11.3 Å². The fourth-order valence-corrected chi connectivity index (χ4v) is 2.41. The number of carbonyl (C=O) groups is 1.